The van der Waals surface area contributed by atoms with Crippen LogP contribution in [0.5, 0.6) is 6.01 Å². The van der Waals surface area contributed by atoms with E-state index in [9.17, 15) is 9.18 Å². The number of piperazine rings is 1. The van der Waals surface area contributed by atoms with Crippen molar-refractivity contribution < 1.29 is 13.9 Å². The molecule has 4 aromatic rings. The maximum Gasteiger partial charge on any atom is 0.319 e. The van der Waals surface area contributed by atoms with Gasteiger partial charge in [-0.15, -0.1) is 0 Å². The predicted molar refractivity (Wildman–Crippen MR) is 173 cm³/mol. The van der Waals surface area contributed by atoms with Crippen molar-refractivity contribution in [1.82, 2.24) is 24.8 Å². The van der Waals surface area contributed by atoms with Gasteiger partial charge in [0.05, 0.1) is 11.1 Å². The van der Waals surface area contributed by atoms with Crippen LogP contribution in [-0.2, 0) is 4.79 Å². The molecule has 2 aromatic heterocycles. The number of halogens is 2. The summed E-state index contributed by atoms with van der Waals surface area (Å²) < 4.78 is 20.8. The summed E-state index contributed by atoms with van der Waals surface area (Å²) in [6.45, 7) is 14.3. The average Bonchev–Trinajstić information content (AvgIpc) is 3.58. The minimum absolute atomic E-state index is 0.171. The Kier molecular flexibility index (Phi) is 7.76. The Labute approximate surface area is 266 Å². The molecule has 1 amide bonds. The Hall–Kier alpha value is -4.33. The van der Waals surface area contributed by atoms with Crippen LogP contribution < -0.4 is 9.64 Å². The van der Waals surface area contributed by atoms with Crippen LogP contribution in [-0.4, -0.2) is 94.3 Å². The number of benzene rings is 2. The minimum atomic E-state index is -0.861. The molecule has 11 heteroatoms. The molecule has 0 bridgehead atoms. The Morgan fingerprint density at radius 3 is 2.93 bits per heavy atom. The molecule has 5 heterocycles. The zero-order valence-corrected chi connectivity index (χ0v) is 25.6. The fourth-order valence-corrected chi connectivity index (χ4v) is 7.62. The fourth-order valence-electron chi connectivity index (χ4n) is 7.34. The minimum Gasteiger partial charge on any atom is -0.461 e. The number of nitrogens with zero attached hydrogens (tertiary/aromatic N) is 7. The predicted octanol–water partition coefficient (Wildman–Crippen LogP) is 5.58. The summed E-state index contributed by atoms with van der Waals surface area (Å²) in [5.41, 5.74) is 2.12. The second kappa shape index (κ2) is 11.9. The smallest absolute Gasteiger partial charge is 0.319 e. The van der Waals surface area contributed by atoms with Crippen molar-refractivity contribution >= 4 is 45.0 Å². The zero-order valence-electron chi connectivity index (χ0n) is 24.8. The molecule has 3 atom stereocenters. The molecule has 0 spiro atoms. The van der Waals surface area contributed by atoms with Gasteiger partial charge in [-0.3, -0.25) is 14.7 Å². The number of aromatic nitrogens is 3. The van der Waals surface area contributed by atoms with Crippen molar-refractivity contribution in [2.45, 2.75) is 37.0 Å². The summed E-state index contributed by atoms with van der Waals surface area (Å²) >= 11 is 6.66. The first kappa shape index (κ1) is 29.4. The Bertz CT molecular complexity index is 1840. The lowest BCUT2D eigenvalue weighted by Gasteiger charge is -2.39. The lowest BCUT2D eigenvalue weighted by molar-refractivity contribution is -0.128. The van der Waals surface area contributed by atoms with E-state index < -0.39 is 6.17 Å². The van der Waals surface area contributed by atoms with Gasteiger partial charge in [0.2, 0.25) is 12.5 Å². The van der Waals surface area contributed by atoms with E-state index in [4.69, 9.17) is 32.9 Å². The number of hydrogen-bond acceptors (Lipinski definition) is 7. The van der Waals surface area contributed by atoms with Gasteiger partial charge in [0.15, 0.2) is 0 Å². The molecular formula is C34H33ClFN7O2. The van der Waals surface area contributed by atoms with Crippen molar-refractivity contribution in [2.75, 3.05) is 50.8 Å². The molecule has 7 rings (SSSR count). The van der Waals surface area contributed by atoms with Crippen molar-refractivity contribution in [1.29, 1.82) is 0 Å². The molecule has 3 aliphatic heterocycles. The monoisotopic (exact) mass is 625 g/mol. The van der Waals surface area contributed by atoms with Gasteiger partial charge in [-0.2, -0.15) is 9.97 Å². The maximum atomic E-state index is 14.5. The van der Waals surface area contributed by atoms with Gasteiger partial charge in [0, 0.05) is 71.7 Å². The van der Waals surface area contributed by atoms with E-state index in [0.717, 1.165) is 46.7 Å². The van der Waals surface area contributed by atoms with Crippen molar-refractivity contribution in [3.63, 3.8) is 0 Å². The van der Waals surface area contributed by atoms with Crippen LogP contribution >= 0.6 is 11.6 Å². The second-order valence-electron chi connectivity index (χ2n) is 12.1. The van der Waals surface area contributed by atoms with Crippen molar-refractivity contribution in [2.24, 2.45) is 0 Å². The number of pyridine rings is 1. The molecule has 0 saturated carbocycles. The van der Waals surface area contributed by atoms with Gasteiger partial charge in [0.25, 0.3) is 0 Å². The van der Waals surface area contributed by atoms with Crippen LogP contribution in [0.15, 0.2) is 61.4 Å². The summed E-state index contributed by atoms with van der Waals surface area (Å²) in [5.74, 6) is 0.488. The SMILES string of the molecule is [C-]#[N+]C[C@H]1CN(c2nc(OCC34CCCN3C[C@H](F)C4)nc3cc(-c4cncc5cccc(Cl)c45)ccc23)CCN1C(=O)C=C. The lowest BCUT2D eigenvalue weighted by Crippen LogP contribution is -2.56. The highest BCUT2D eigenvalue weighted by Crippen LogP contribution is 2.41. The van der Waals surface area contributed by atoms with Gasteiger partial charge >= 0.3 is 6.01 Å². The van der Waals surface area contributed by atoms with Gasteiger partial charge < -0.3 is 19.4 Å². The molecule has 0 aliphatic carbocycles. The van der Waals surface area contributed by atoms with Crippen LogP contribution in [0.1, 0.15) is 19.3 Å². The molecule has 1 unspecified atom stereocenters. The summed E-state index contributed by atoms with van der Waals surface area (Å²) in [6.07, 6.45) is 6.38. The molecule has 9 nitrogen and oxygen atoms in total. The molecule has 45 heavy (non-hydrogen) atoms. The number of alkyl halides is 1. The first-order chi connectivity index (χ1) is 21.9. The lowest BCUT2D eigenvalue weighted by atomic mass is 9.95. The number of hydrogen-bond donors (Lipinski definition) is 0. The van der Waals surface area contributed by atoms with E-state index in [-0.39, 0.29) is 30.0 Å². The Morgan fingerprint density at radius 1 is 1.20 bits per heavy atom. The van der Waals surface area contributed by atoms with Gasteiger partial charge in [-0.05, 0) is 49.2 Å². The number of amides is 1. The summed E-state index contributed by atoms with van der Waals surface area (Å²) in [4.78, 5) is 36.4. The van der Waals surface area contributed by atoms with Crippen LogP contribution in [0.25, 0.3) is 37.6 Å². The normalized spacial score (nSPS) is 23.3. The molecule has 2 aromatic carbocycles. The van der Waals surface area contributed by atoms with Crippen LogP contribution in [0.4, 0.5) is 10.2 Å². The highest BCUT2D eigenvalue weighted by Gasteiger charge is 2.49. The highest BCUT2D eigenvalue weighted by molar-refractivity contribution is 6.36. The van der Waals surface area contributed by atoms with Crippen molar-refractivity contribution in [3.8, 4) is 17.1 Å². The molecule has 230 valence electrons. The standard InChI is InChI=1S/C34H33ClFN7O2/c1-3-30(44)43-13-12-41(20-25(43)17-37-2)32-26-9-8-22(27-18-38-16-23-6-4-7-28(35)31(23)27)14-29(26)39-33(40-32)45-21-34-10-5-11-42(34)19-24(36)15-34/h3-4,6-9,14,16,18,24-25H,1,5,10-13,15,17,19-21H2/t24-,25+,34?/m1/s1. The number of carbonyl (C=O) groups is 1. The Balaban J connectivity index is 1.30. The topological polar surface area (TPSA) is 79.1 Å². The first-order valence-corrected chi connectivity index (χ1v) is 15.6. The molecular weight excluding hydrogens is 593 g/mol. The van der Waals surface area contributed by atoms with E-state index in [2.05, 4.69) is 26.2 Å². The molecule has 0 N–H and O–H groups in total. The van der Waals surface area contributed by atoms with Gasteiger partial charge in [-0.1, -0.05) is 36.4 Å². The zero-order chi connectivity index (χ0) is 31.1. The van der Waals surface area contributed by atoms with E-state index >= 15 is 0 Å². The van der Waals surface area contributed by atoms with Crippen LogP contribution in [0.3, 0.4) is 0 Å². The molecule has 3 saturated heterocycles. The number of ether oxygens (including phenoxy) is 1. The number of carbonyl (C=O) groups excluding carboxylic acids is 1. The van der Waals surface area contributed by atoms with Crippen molar-refractivity contribution in [3.05, 3.63) is 77.9 Å². The summed E-state index contributed by atoms with van der Waals surface area (Å²) in [7, 11) is 0. The number of fused-ring (bicyclic) bond motifs is 3. The Morgan fingerprint density at radius 2 is 2.09 bits per heavy atom. The fraction of sp³-hybridized carbons (Fsp3) is 0.382. The van der Waals surface area contributed by atoms with Gasteiger partial charge in [0.1, 0.15) is 24.6 Å². The van der Waals surface area contributed by atoms with E-state index in [1.54, 1.807) is 17.3 Å². The average molecular weight is 626 g/mol. The third-order valence-corrected chi connectivity index (χ3v) is 9.79. The van der Waals surface area contributed by atoms with Gasteiger partial charge in [-0.25, -0.2) is 11.0 Å². The highest BCUT2D eigenvalue weighted by atomic mass is 35.5. The maximum absolute atomic E-state index is 14.5. The first-order valence-electron chi connectivity index (χ1n) is 15.3. The third kappa shape index (κ3) is 5.34. The van der Waals surface area contributed by atoms with Crippen LogP contribution in [0.2, 0.25) is 5.02 Å². The quantitative estimate of drug-likeness (QED) is 0.196. The number of rotatable bonds is 7. The third-order valence-electron chi connectivity index (χ3n) is 9.47. The molecule has 3 aliphatic rings. The number of anilines is 1. The second-order valence-corrected chi connectivity index (χ2v) is 12.5. The molecule has 0 radical (unpaired) electrons. The summed E-state index contributed by atoms with van der Waals surface area (Å²) in [5, 5.41) is 3.30. The van der Waals surface area contributed by atoms with E-state index in [1.807, 2.05) is 36.4 Å². The van der Waals surface area contributed by atoms with E-state index in [1.165, 1.54) is 6.08 Å². The van der Waals surface area contributed by atoms with Crippen LogP contribution in [0, 0.1) is 6.57 Å². The van der Waals surface area contributed by atoms with E-state index in [0.29, 0.717) is 55.6 Å². The molecule has 3 fully saturated rings. The largest absolute Gasteiger partial charge is 0.461 e. The summed E-state index contributed by atoms with van der Waals surface area (Å²) in [6, 6.07) is 11.7.